The average Bonchev–Trinajstić information content (AvgIpc) is 3.21. The zero-order valence-corrected chi connectivity index (χ0v) is 16.8. The SMILES string of the molecule is Cc1c(Br)c(C(F)(F)F)nn1C(C)C(=O)Nc1ncn(Cc2ccccc2F)n1. The van der Waals surface area contributed by atoms with Crippen LogP contribution in [0.1, 0.15) is 29.9 Å². The maximum Gasteiger partial charge on any atom is 0.436 e. The van der Waals surface area contributed by atoms with Crippen LogP contribution in [0.5, 0.6) is 0 Å². The van der Waals surface area contributed by atoms with Crippen LogP contribution in [0.25, 0.3) is 0 Å². The van der Waals surface area contributed by atoms with Crippen molar-refractivity contribution in [3.63, 3.8) is 0 Å². The van der Waals surface area contributed by atoms with Gasteiger partial charge in [-0.1, -0.05) is 18.2 Å². The first-order valence-corrected chi connectivity index (χ1v) is 9.12. The van der Waals surface area contributed by atoms with Crippen LogP contribution >= 0.6 is 15.9 Å². The van der Waals surface area contributed by atoms with Crippen LogP contribution < -0.4 is 5.32 Å². The number of amides is 1. The van der Waals surface area contributed by atoms with Crippen molar-refractivity contribution in [2.75, 3.05) is 5.32 Å². The third-order valence-corrected chi connectivity index (χ3v) is 5.10. The van der Waals surface area contributed by atoms with Gasteiger partial charge in [-0.15, -0.1) is 5.10 Å². The first kappa shape index (κ1) is 21.0. The fourth-order valence-electron chi connectivity index (χ4n) is 2.61. The van der Waals surface area contributed by atoms with E-state index in [4.69, 9.17) is 0 Å². The van der Waals surface area contributed by atoms with Gasteiger partial charge >= 0.3 is 6.18 Å². The van der Waals surface area contributed by atoms with Crippen LogP contribution in [-0.2, 0) is 17.5 Å². The van der Waals surface area contributed by atoms with Gasteiger partial charge in [-0.25, -0.2) is 14.1 Å². The Hall–Kier alpha value is -2.76. The van der Waals surface area contributed by atoms with E-state index < -0.39 is 29.6 Å². The Kier molecular flexibility index (Phi) is 5.73. The smallest absolute Gasteiger partial charge is 0.291 e. The molecule has 0 aliphatic rings. The topological polar surface area (TPSA) is 77.6 Å². The lowest BCUT2D eigenvalue weighted by Crippen LogP contribution is -2.26. The Labute approximate surface area is 170 Å². The van der Waals surface area contributed by atoms with Gasteiger partial charge in [-0.05, 0) is 35.8 Å². The summed E-state index contributed by atoms with van der Waals surface area (Å²) in [5.41, 5.74) is -0.569. The number of rotatable bonds is 5. The molecular formula is C17H15BrF4N6O. The standard InChI is InChI=1S/C17H15BrF4N6O/c1-9-13(18)14(17(20,21)22)25-28(9)10(2)15(29)24-16-23-8-27(26-16)7-11-5-3-4-6-12(11)19/h3-6,8,10H,7H2,1-2H3,(H,24,26,29). The molecule has 0 fully saturated rings. The molecule has 2 aromatic heterocycles. The highest BCUT2D eigenvalue weighted by molar-refractivity contribution is 9.10. The Bertz CT molecular complexity index is 1040. The number of halogens is 5. The predicted molar refractivity (Wildman–Crippen MR) is 98.5 cm³/mol. The number of anilines is 1. The molecular weight excluding hydrogens is 460 g/mol. The lowest BCUT2D eigenvalue weighted by molar-refractivity contribution is -0.142. The summed E-state index contributed by atoms with van der Waals surface area (Å²) in [5, 5.41) is 9.97. The summed E-state index contributed by atoms with van der Waals surface area (Å²) in [6.45, 7) is 2.92. The predicted octanol–water partition coefficient (Wildman–Crippen LogP) is 3.95. The van der Waals surface area contributed by atoms with E-state index in [1.807, 2.05) is 0 Å². The molecule has 0 saturated carbocycles. The first-order chi connectivity index (χ1) is 13.6. The van der Waals surface area contributed by atoms with Crippen LogP contribution in [-0.4, -0.2) is 30.5 Å². The molecule has 29 heavy (non-hydrogen) atoms. The number of nitrogens with one attached hydrogen (secondary N) is 1. The second-order valence-electron chi connectivity index (χ2n) is 6.21. The molecule has 1 N–H and O–H groups in total. The average molecular weight is 475 g/mol. The number of carbonyl (C=O) groups is 1. The van der Waals surface area contributed by atoms with Gasteiger partial charge in [0.15, 0.2) is 5.69 Å². The fraction of sp³-hybridized carbons (Fsp3) is 0.294. The molecule has 0 spiro atoms. The van der Waals surface area contributed by atoms with Crippen molar-refractivity contribution in [2.24, 2.45) is 0 Å². The second kappa shape index (κ2) is 7.93. The number of hydrogen-bond donors (Lipinski definition) is 1. The quantitative estimate of drug-likeness (QED) is 0.568. The summed E-state index contributed by atoms with van der Waals surface area (Å²) in [6.07, 6.45) is -3.34. The normalized spacial score (nSPS) is 12.8. The molecule has 3 aromatic rings. The molecule has 1 atom stereocenters. The summed E-state index contributed by atoms with van der Waals surface area (Å²) in [5.74, 6) is -1.11. The third-order valence-electron chi connectivity index (χ3n) is 4.15. The van der Waals surface area contributed by atoms with E-state index in [-0.39, 0.29) is 22.7 Å². The minimum atomic E-state index is -4.65. The van der Waals surface area contributed by atoms with Crippen LogP contribution in [0, 0.1) is 12.7 Å². The van der Waals surface area contributed by atoms with Crippen LogP contribution in [0.15, 0.2) is 35.1 Å². The largest absolute Gasteiger partial charge is 0.436 e. The molecule has 0 saturated heterocycles. The van der Waals surface area contributed by atoms with Crippen LogP contribution in [0.3, 0.4) is 0 Å². The van der Waals surface area contributed by atoms with Crippen molar-refractivity contribution in [2.45, 2.75) is 32.6 Å². The Morgan fingerprint density at radius 2 is 1.97 bits per heavy atom. The molecule has 12 heteroatoms. The fourth-order valence-corrected chi connectivity index (χ4v) is 3.10. The molecule has 2 heterocycles. The van der Waals surface area contributed by atoms with Gasteiger partial charge in [-0.2, -0.15) is 18.3 Å². The Balaban J connectivity index is 1.73. The van der Waals surface area contributed by atoms with E-state index in [9.17, 15) is 22.4 Å². The van der Waals surface area contributed by atoms with Crippen molar-refractivity contribution in [3.05, 3.63) is 57.8 Å². The summed E-state index contributed by atoms with van der Waals surface area (Å²) < 4.78 is 54.8. The lowest BCUT2D eigenvalue weighted by Gasteiger charge is -2.13. The van der Waals surface area contributed by atoms with Crippen LogP contribution in [0.2, 0.25) is 0 Å². The monoisotopic (exact) mass is 474 g/mol. The number of carbonyl (C=O) groups excluding carboxylic acids is 1. The molecule has 154 valence electrons. The summed E-state index contributed by atoms with van der Waals surface area (Å²) in [7, 11) is 0. The highest BCUT2D eigenvalue weighted by Gasteiger charge is 2.39. The van der Waals surface area contributed by atoms with E-state index in [1.165, 1.54) is 30.9 Å². The highest BCUT2D eigenvalue weighted by atomic mass is 79.9. The van der Waals surface area contributed by atoms with Gasteiger partial charge < -0.3 is 0 Å². The maximum atomic E-state index is 13.7. The zero-order valence-electron chi connectivity index (χ0n) is 15.2. The molecule has 0 aliphatic carbocycles. The van der Waals surface area contributed by atoms with Crippen molar-refractivity contribution >= 4 is 27.8 Å². The van der Waals surface area contributed by atoms with Gasteiger partial charge in [0.1, 0.15) is 18.2 Å². The Morgan fingerprint density at radius 3 is 2.59 bits per heavy atom. The van der Waals surface area contributed by atoms with E-state index >= 15 is 0 Å². The molecule has 7 nitrogen and oxygen atoms in total. The molecule has 1 aromatic carbocycles. The molecule has 0 bridgehead atoms. The zero-order chi connectivity index (χ0) is 21.3. The molecule has 0 aliphatic heterocycles. The highest BCUT2D eigenvalue weighted by Crippen LogP contribution is 2.36. The first-order valence-electron chi connectivity index (χ1n) is 8.33. The van der Waals surface area contributed by atoms with E-state index in [0.717, 1.165) is 4.68 Å². The molecule has 0 radical (unpaired) electrons. The maximum absolute atomic E-state index is 13.7. The third kappa shape index (κ3) is 4.47. The summed E-state index contributed by atoms with van der Waals surface area (Å²) in [6, 6.07) is 5.09. The van der Waals surface area contributed by atoms with Gasteiger partial charge in [-0.3, -0.25) is 14.8 Å². The molecule has 1 amide bonds. The van der Waals surface area contributed by atoms with E-state index in [1.54, 1.807) is 18.2 Å². The molecule has 3 rings (SSSR count). The summed E-state index contributed by atoms with van der Waals surface area (Å²) in [4.78, 5) is 16.4. The second-order valence-corrected chi connectivity index (χ2v) is 7.01. The Morgan fingerprint density at radius 1 is 1.28 bits per heavy atom. The van der Waals surface area contributed by atoms with E-state index in [0.29, 0.717) is 5.56 Å². The van der Waals surface area contributed by atoms with Gasteiger partial charge in [0.2, 0.25) is 5.95 Å². The number of hydrogen-bond acceptors (Lipinski definition) is 4. The van der Waals surface area contributed by atoms with E-state index in [2.05, 4.69) is 36.4 Å². The van der Waals surface area contributed by atoms with Crippen molar-refractivity contribution in [3.8, 4) is 0 Å². The van der Waals surface area contributed by atoms with Crippen molar-refractivity contribution < 1.29 is 22.4 Å². The lowest BCUT2D eigenvalue weighted by atomic mass is 10.2. The van der Waals surface area contributed by atoms with Gasteiger partial charge in [0, 0.05) is 5.56 Å². The number of nitrogens with zero attached hydrogens (tertiary/aromatic N) is 5. The molecule has 1 unspecified atom stereocenters. The number of aromatic nitrogens is 5. The summed E-state index contributed by atoms with van der Waals surface area (Å²) >= 11 is 2.87. The van der Waals surface area contributed by atoms with Crippen LogP contribution in [0.4, 0.5) is 23.5 Å². The van der Waals surface area contributed by atoms with Gasteiger partial charge in [0.05, 0.1) is 16.7 Å². The van der Waals surface area contributed by atoms with Gasteiger partial charge in [0.25, 0.3) is 5.91 Å². The van der Waals surface area contributed by atoms with Crippen molar-refractivity contribution in [1.82, 2.24) is 24.5 Å². The number of benzene rings is 1. The minimum Gasteiger partial charge on any atom is -0.291 e. The van der Waals surface area contributed by atoms with Crippen molar-refractivity contribution in [1.29, 1.82) is 0 Å². The minimum absolute atomic E-state index is 0.0573. The number of alkyl halides is 3.